The minimum absolute atomic E-state index is 0.0793. The summed E-state index contributed by atoms with van der Waals surface area (Å²) in [6.07, 6.45) is 2.86. The number of aromatic amines is 1. The molecule has 20 heavy (non-hydrogen) atoms. The maximum absolute atomic E-state index is 12.3. The van der Waals surface area contributed by atoms with E-state index in [-0.39, 0.29) is 17.3 Å². The second-order valence-corrected chi connectivity index (χ2v) is 4.78. The Morgan fingerprint density at radius 1 is 1.35 bits per heavy atom. The van der Waals surface area contributed by atoms with Gasteiger partial charge in [0.15, 0.2) is 5.82 Å². The van der Waals surface area contributed by atoms with E-state index < -0.39 is 5.69 Å². The van der Waals surface area contributed by atoms with Crippen LogP contribution in [0.25, 0.3) is 0 Å². The molecule has 0 unspecified atom stereocenters. The highest BCUT2D eigenvalue weighted by molar-refractivity contribution is 6.30. The normalized spacial score (nSPS) is 10.9. The first-order valence-corrected chi connectivity index (χ1v) is 6.84. The molecule has 0 aliphatic rings. The highest BCUT2D eigenvalue weighted by atomic mass is 35.5. The molecule has 108 valence electrons. The topological polar surface area (TPSA) is 85.6 Å². The maximum Gasteiger partial charge on any atom is 0.329 e. The van der Waals surface area contributed by atoms with Gasteiger partial charge in [0.1, 0.15) is 11.5 Å². The summed E-state index contributed by atoms with van der Waals surface area (Å²) in [5.41, 5.74) is -0.479. The summed E-state index contributed by atoms with van der Waals surface area (Å²) >= 11 is 5.92. The quantitative estimate of drug-likeness (QED) is 0.827. The van der Waals surface area contributed by atoms with Crippen molar-refractivity contribution in [1.82, 2.24) is 24.3 Å². The Morgan fingerprint density at radius 2 is 2.10 bits per heavy atom. The molecule has 0 atom stereocenters. The summed E-state index contributed by atoms with van der Waals surface area (Å²) in [6.45, 7) is 4.63. The Morgan fingerprint density at radius 3 is 2.75 bits per heavy atom. The van der Waals surface area contributed by atoms with Crippen molar-refractivity contribution in [1.29, 1.82) is 0 Å². The molecule has 2 rings (SSSR count). The monoisotopic (exact) mass is 297 g/mol. The zero-order valence-corrected chi connectivity index (χ0v) is 12.1. The van der Waals surface area contributed by atoms with Gasteiger partial charge in [0, 0.05) is 6.54 Å². The Labute approximate surface area is 120 Å². The summed E-state index contributed by atoms with van der Waals surface area (Å²) in [5, 5.41) is 7.83. The molecule has 0 fully saturated rings. The second-order valence-electron chi connectivity index (χ2n) is 4.40. The molecule has 0 aliphatic carbocycles. The number of hydrogen-bond acceptors (Lipinski definition) is 4. The lowest BCUT2D eigenvalue weighted by Crippen LogP contribution is -2.38. The van der Waals surface area contributed by atoms with Crippen molar-refractivity contribution in [2.75, 3.05) is 0 Å². The van der Waals surface area contributed by atoms with Crippen LogP contribution >= 0.6 is 11.6 Å². The van der Waals surface area contributed by atoms with Gasteiger partial charge in [-0.2, -0.15) is 0 Å². The molecular formula is C12H16ClN5O2. The van der Waals surface area contributed by atoms with E-state index in [0.717, 1.165) is 11.0 Å². The first-order valence-electron chi connectivity index (χ1n) is 6.46. The lowest BCUT2D eigenvalue weighted by atomic mass is 10.2. The first kappa shape index (κ1) is 14.5. The fourth-order valence-electron chi connectivity index (χ4n) is 2.00. The van der Waals surface area contributed by atoms with Gasteiger partial charge in [-0.3, -0.25) is 14.3 Å². The van der Waals surface area contributed by atoms with E-state index >= 15 is 0 Å². The number of aromatic nitrogens is 5. The molecule has 8 heteroatoms. The number of halogens is 1. The average Bonchev–Trinajstić information content (AvgIpc) is 2.86. The zero-order valence-electron chi connectivity index (χ0n) is 11.4. The molecule has 2 aromatic heterocycles. The molecule has 0 saturated carbocycles. The number of aryl methyl sites for hydroxylation is 1. The predicted octanol–water partition coefficient (Wildman–Crippen LogP) is 0.802. The fraction of sp³-hybridized carbons (Fsp3) is 0.500. The predicted molar refractivity (Wildman–Crippen MR) is 75.1 cm³/mol. The summed E-state index contributed by atoms with van der Waals surface area (Å²) in [4.78, 5) is 26.7. The first-order chi connectivity index (χ1) is 9.58. The Bertz CT molecular complexity index is 715. The van der Waals surface area contributed by atoms with Gasteiger partial charge in [0.25, 0.3) is 5.56 Å². The highest BCUT2D eigenvalue weighted by Gasteiger charge is 2.14. The van der Waals surface area contributed by atoms with E-state index in [1.165, 1.54) is 0 Å². The van der Waals surface area contributed by atoms with Crippen molar-refractivity contribution in [2.24, 2.45) is 0 Å². The van der Waals surface area contributed by atoms with Gasteiger partial charge >= 0.3 is 5.69 Å². The van der Waals surface area contributed by atoms with Crippen LogP contribution in [-0.2, 0) is 19.5 Å². The second kappa shape index (κ2) is 6.04. The number of nitrogens with one attached hydrogen (secondary N) is 1. The molecule has 0 radical (unpaired) electrons. The molecule has 0 amide bonds. The summed E-state index contributed by atoms with van der Waals surface area (Å²) < 4.78 is 2.88. The van der Waals surface area contributed by atoms with Crippen LogP contribution in [0.4, 0.5) is 0 Å². The Kier molecular flexibility index (Phi) is 4.39. The van der Waals surface area contributed by atoms with Crippen molar-refractivity contribution >= 4 is 11.6 Å². The molecule has 0 spiro atoms. The van der Waals surface area contributed by atoms with Crippen molar-refractivity contribution in [3.8, 4) is 0 Å². The van der Waals surface area contributed by atoms with Crippen LogP contribution in [0, 0.1) is 0 Å². The lowest BCUT2D eigenvalue weighted by Gasteiger charge is -2.08. The highest BCUT2D eigenvalue weighted by Crippen LogP contribution is 2.08. The molecule has 0 aromatic carbocycles. The van der Waals surface area contributed by atoms with Gasteiger partial charge in [-0.25, -0.2) is 4.79 Å². The van der Waals surface area contributed by atoms with Gasteiger partial charge in [-0.15, -0.1) is 10.2 Å². The van der Waals surface area contributed by atoms with Gasteiger partial charge in [0.05, 0.1) is 12.1 Å². The van der Waals surface area contributed by atoms with E-state index in [1.807, 2.05) is 13.8 Å². The van der Waals surface area contributed by atoms with E-state index in [1.54, 1.807) is 10.9 Å². The third-order valence-corrected chi connectivity index (χ3v) is 3.39. The van der Waals surface area contributed by atoms with Crippen molar-refractivity contribution in [3.63, 3.8) is 0 Å². The minimum Gasteiger partial charge on any atom is -0.316 e. The Balaban J connectivity index is 2.49. The number of H-pyrrole nitrogens is 1. The van der Waals surface area contributed by atoms with Gasteiger partial charge in [0.2, 0.25) is 0 Å². The third-order valence-electron chi connectivity index (χ3n) is 3.07. The van der Waals surface area contributed by atoms with Crippen LogP contribution in [0.3, 0.4) is 0 Å². The van der Waals surface area contributed by atoms with Crippen molar-refractivity contribution in [3.05, 3.63) is 43.7 Å². The molecule has 2 heterocycles. The largest absolute Gasteiger partial charge is 0.329 e. The molecule has 0 saturated heterocycles. The van der Waals surface area contributed by atoms with Crippen LogP contribution in [0.1, 0.15) is 31.7 Å². The molecule has 0 aliphatic heterocycles. The average molecular weight is 298 g/mol. The van der Waals surface area contributed by atoms with Gasteiger partial charge < -0.3 is 4.57 Å². The van der Waals surface area contributed by atoms with E-state index in [2.05, 4.69) is 15.2 Å². The van der Waals surface area contributed by atoms with Crippen LogP contribution in [0.2, 0.25) is 5.15 Å². The van der Waals surface area contributed by atoms with Crippen LogP contribution in [0.5, 0.6) is 0 Å². The van der Waals surface area contributed by atoms with Crippen LogP contribution in [-0.4, -0.2) is 24.3 Å². The number of rotatable bonds is 5. The van der Waals surface area contributed by atoms with Gasteiger partial charge in [-0.1, -0.05) is 24.9 Å². The molecule has 1 N–H and O–H groups in total. The van der Waals surface area contributed by atoms with E-state index in [4.69, 9.17) is 11.6 Å². The van der Waals surface area contributed by atoms with Crippen LogP contribution in [0.15, 0.2) is 15.9 Å². The van der Waals surface area contributed by atoms with E-state index in [0.29, 0.717) is 24.4 Å². The SMILES string of the molecule is CCCc1c(Cl)[nH]c(=O)n(Cc2nncn2CC)c1=O. The van der Waals surface area contributed by atoms with Gasteiger partial charge in [-0.05, 0) is 13.3 Å². The van der Waals surface area contributed by atoms with Crippen LogP contribution < -0.4 is 11.2 Å². The molecular weight excluding hydrogens is 282 g/mol. The summed E-state index contributed by atoms with van der Waals surface area (Å²) in [6, 6.07) is 0. The molecule has 0 bridgehead atoms. The number of hydrogen-bond donors (Lipinski definition) is 1. The zero-order chi connectivity index (χ0) is 14.7. The summed E-state index contributed by atoms with van der Waals surface area (Å²) in [5.74, 6) is 0.560. The van der Waals surface area contributed by atoms with Crippen molar-refractivity contribution < 1.29 is 0 Å². The smallest absolute Gasteiger partial charge is 0.316 e. The molecule has 2 aromatic rings. The molecule has 7 nitrogen and oxygen atoms in total. The summed E-state index contributed by atoms with van der Waals surface area (Å²) in [7, 11) is 0. The van der Waals surface area contributed by atoms with E-state index in [9.17, 15) is 9.59 Å². The fourth-order valence-corrected chi connectivity index (χ4v) is 2.26. The maximum atomic E-state index is 12.3. The third kappa shape index (κ3) is 2.67. The number of nitrogens with zero attached hydrogens (tertiary/aromatic N) is 4. The standard InChI is InChI=1S/C12H16ClN5O2/c1-3-5-8-10(13)15-12(20)18(11(8)19)6-9-16-14-7-17(9)4-2/h7H,3-6H2,1-2H3,(H,15,20). The van der Waals surface area contributed by atoms with Crippen molar-refractivity contribution in [2.45, 2.75) is 39.8 Å². The lowest BCUT2D eigenvalue weighted by molar-refractivity contribution is 0.608. The Hall–Kier alpha value is -1.89. The minimum atomic E-state index is -0.537.